The van der Waals surface area contributed by atoms with Gasteiger partial charge in [0.2, 0.25) is 5.91 Å². The average Bonchev–Trinajstić information content (AvgIpc) is 3.08. The van der Waals surface area contributed by atoms with Crippen LogP contribution in [0.5, 0.6) is 0 Å². The maximum atomic E-state index is 12.8. The van der Waals surface area contributed by atoms with Crippen LogP contribution in [0, 0.1) is 11.3 Å². The fourth-order valence-corrected chi connectivity index (χ4v) is 4.47. The number of carbonyl (C=O) groups is 2. The number of thiocarbonyl (C=S) groups is 1. The molecule has 0 bridgehead atoms. The molecule has 2 aromatic rings. The van der Waals surface area contributed by atoms with E-state index < -0.39 is 0 Å². The van der Waals surface area contributed by atoms with E-state index in [1.807, 2.05) is 72.8 Å². The molecule has 0 N–H and O–H groups in total. The highest BCUT2D eigenvalue weighted by Gasteiger charge is 2.31. The molecule has 32 heavy (non-hydrogen) atoms. The number of nitrogens with zero attached hydrogens (tertiary/aromatic N) is 3. The van der Waals surface area contributed by atoms with Crippen LogP contribution in [0.15, 0.2) is 77.7 Å². The summed E-state index contributed by atoms with van der Waals surface area (Å²) < 4.78 is 0.506. The van der Waals surface area contributed by atoms with Crippen LogP contribution in [0.1, 0.15) is 24.8 Å². The van der Waals surface area contributed by atoms with E-state index in [4.69, 9.17) is 17.5 Å². The third-order valence-electron chi connectivity index (χ3n) is 4.80. The predicted molar refractivity (Wildman–Crippen MR) is 134 cm³/mol. The Kier molecular flexibility index (Phi) is 8.79. The first-order valence-corrected chi connectivity index (χ1v) is 11.5. The van der Waals surface area contributed by atoms with Gasteiger partial charge in [0.15, 0.2) is 0 Å². The van der Waals surface area contributed by atoms with Crippen molar-refractivity contribution in [2.75, 3.05) is 18.0 Å². The largest absolute Gasteiger partial charge is 0.311 e. The molecule has 0 aliphatic carbocycles. The number of amides is 2. The van der Waals surface area contributed by atoms with Gasteiger partial charge in [-0.15, -0.1) is 0 Å². The zero-order valence-corrected chi connectivity index (χ0v) is 19.1. The lowest BCUT2D eigenvalue weighted by molar-refractivity contribution is -0.123. The van der Waals surface area contributed by atoms with Crippen molar-refractivity contribution in [1.29, 1.82) is 5.26 Å². The van der Waals surface area contributed by atoms with Crippen LogP contribution in [-0.4, -0.2) is 34.1 Å². The lowest BCUT2D eigenvalue weighted by atomic mass is 10.2. The van der Waals surface area contributed by atoms with Crippen LogP contribution in [0.2, 0.25) is 0 Å². The third-order valence-corrected chi connectivity index (χ3v) is 6.19. The van der Waals surface area contributed by atoms with Gasteiger partial charge >= 0.3 is 0 Å². The Labute approximate surface area is 198 Å². The zero-order valence-electron chi connectivity index (χ0n) is 17.5. The lowest BCUT2D eigenvalue weighted by Crippen LogP contribution is -2.33. The van der Waals surface area contributed by atoms with Gasteiger partial charge in [-0.05, 0) is 30.2 Å². The molecule has 5 nitrogen and oxygen atoms in total. The molecular weight excluding hydrogens is 438 g/mol. The minimum atomic E-state index is -0.130. The molecule has 0 aromatic heterocycles. The number of rotatable bonds is 9. The number of thioether (sulfide) groups is 1. The summed E-state index contributed by atoms with van der Waals surface area (Å²) in [6.45, 7) is 0.730. The summed E-state index contributed by atoms with van der Waals surface area (Å²) in [7, 11) is 0. The second-order valence-corrected chi connectivity index (χ2v) is 8.69. The van der Waals surface area contributed by atoms with Crippen molar-refractivity contribution >= 4 is 51.9 Å². The van der Waals surface area contributed by atoms with Crippen molar-refractivity contribution in [3.63, 3.8) is 0 Å². The molecule has 7 heteroatoms. The maximum Gasteiger partial charge on any atom is 0.266 e. The number of hydrogen-bond donors (Lipinski definition) is 0. The summed E-state index contributed by atoms with van der Waals surface area (Å²) in [6.07, 6.45) is 6.58. The van der Waals surface area contributed by atoms with Crippen molar-refractivity contribution in [2.24, 2.45) is 0 Å². The van der Waals surface area contributed by atoms with E-state index in [9.17, 15) is 9.59 Å². The standard InChI is InChI=1S/C25H23N3O2S2/c26-17-9-19-27(21-13-5-2-6-14-21)23(29)16-8-18-28-24(30)22(32-25(28)31)15-7-12-20-10-3-1-4-11-20/h1-7,10-15H,8-9,16,18-19H2. The van der Waals surface area contributed by atoms with Crippen LogP contribution in [-0.2, 0) is 9.59 Å². The second-order valence-electron chi connectivity index (χ2n) is 7.02. The number of allylic oxidation sites excluding steroid dienone is 2. The highest BCUT2D eigenvalue weighted by molar-refractivity contribution is 8.26. The van der Waals surface area contributed by atoms with Gasteiger partial charge in [0, 0.05) is 25.2 Å². The van der Waals surface area contributed by atoms with Gasteiger partial charge in [0.05, 0.1) is 17.4 Å². The summed E-state index contributed by atoms with van der Waals surface area (Å²) in [5.74, 6) is -0.201. The molecule has 0 spiro atoms. The van der Waals surface area contributed by atoms with Gasteiger partial charge in [0.25, 0.3) is 5.91 Å². The smallest absolute Gasteiger partial charge is 0.266 e. The highest BCUT2D eigenvalue weighted by atomic mass is 32.2. The van der Waals surface area contributed by atoms with E-state index in [2.05, 4.69) is 6.07 Å². The molecule has 1 heterocycles. The summed E-state index contributed by atoms with van der Waals surface area (Å²) in [5, 5.41) is 8.91. The number of hydrogen-bond acceptors (Lipinski definition) is 5. The van der Waals surface area contributed by atoms with Crippen molar-refractivity contribution in [3.8, 4) is 6.07 Å². The predicted octanol–water partition coefficient (Wildman–Crippen LogP) is 5.17. The summed E-state index contributed by atoms with van der Waals surface area (Å²) in [5.41, 5.74) is 1.82. The average molecular weight is 462 g/mol. The number of benzene rings is 2. The molecule has 1 fully saturated rings. The SMILES string of the molecule is N#CCCN(C(=O)CCCN1C(=O)C(=CC=Cc2ccccc2)SC1=S)c1ccccc1. The molecule has 2 amide bonds. The second kappa shape index (κ2) is 12.0. The van der Waals surface area contributed by atoms with Gasteiger partial charge in [-0.1, -0.05) is 84.7 Å². The van der Waals surface area contributed by atoms with Crippen molar-refractivity contribution in [1.82, 2.24) is 4.90 Å². The molecule has 2 aromatic carbocycles. The Morgan fingerprint density at radius 2 is 1.81 bits per heavy atom. The van der Waals surface area contributed by atoms with Crippen molar-refractivity contribution in [3.05, 3.63) is 83.3 Å². The van der Waals surface area contributed by atoms with E-state index in [1.54, 1.807) is 15.9 Å². The van der Waals surface area contributed by atoms with Gasteiger partial charge in [-0.2, -0.15) is 5.26 Å². The summed E-state index contributed by atoms with van der Waals surface area (Å²) in [4.78, 5) is 29.3. The highest BCUT2D eigenvalue weighted by Crippen LogP contribution is 2.31. The van der Waals surface area contributed by atoms with Crippen LogP contribution in [0.4, 0.5) is 5.69 Å². The maximum absolute atomic E-state index is 12.8. The first-order valence-electron chi connectivity index (χ1n) is 10.3. The topological polar surface area (TPSA) is 64.4 Å². The van der Waals surface area contributed by atoms with E-state index in [-0.39, 0.29) is 24.7 Å². The minimum absolute atomic E-state index is 0.0711. The number of anilines is 1. The van der Waals surface area contributed by atoms with Gasteiger partial charge in [0.1, 0.15) is 4.32 Å². The van der Waals surface area contributed by atoms with E-state index in [1.165, 1.54) is 11.8 Å². The van der Waals surface area contributed by atoms with Gasteiger partial charge in [-0.3, -0.25) is 14.5 Å². The molecule has 1 aliphatic rings. The number of para-hydroxylation sites is 1. The lowest BCUT2D eigenvalue weighted by Gasteiger charge is -2.22. The Bertz CT molecular complexity index is 1060. The number of carbonyl (C=O) groups excluding carboxylic acids is 2. The first kappa shape index (κ1) is 23.5. The molecule has 0 saturated carbocycles. The summed E-state index contributed by atoms with van der Waals surface area (Å²) >= 11 is 6.65. The van der Waals surface area contributed by atoms with Crippen LogP contribution in [0.3, 0.4) is 0 Å². The molecule has 162 valence electrons. The Balaban J connectivity index is 1.55. The van der Waals surface area contributed by atoms with E-state index >= 15 is 0 Å². The Morgan fingerprint density at radius 1 is 1.12 bits per heavy atom. The molecule has 0 unspecified atom stereocenters. The quantitative estimate of drug-likeness (QED) is 0.381. The van der Waals surface area contributed by atoms with Gasteiger partial charge in [-0.25, -0.2) is 0 Å². The fraction of sp³-hybridized carbons (Fsp3) is 0.200. The molecule has 1 aliphatic heterocycles. The molecule has 0 radical (unpaired) electrons. The fourth-order valence-electron chi connectivity index (χ4n) is 3.21. The monoisotopic (exact) mass is 461 g/mol. The van der Waals surface area contributed by atoms with Crippen LogP contribution >= 0.6 is 24.0 Å². The molecule has 0 atom stereocenters. The molecule has 1 saturated heterocycles. The Morgan fingerprint density at radius 3 is 2.50 bits per heavy atom. The van der Waals surface area contributed by atoms with Crippen LogP contribution < -0.4 is 4.90 Å². The van der Waals surface area contributed by atoms with Crippen molar-refractivity contribution < 1.29 is 9.59 Å². The molecular formula is C25H23N3O2S2. The number of nitriles is 1. The zero-order chi connectivity index (χ0) is 22.8. The van der Waals surface area contributed by atoms with Crippen molar-refractivity contribution in [2.45, 2.75) is 19.3 Å². The summed E-state index contributed by atoms with van der Waals surface area (Å²) in [6, 6.07) is 21.2. The first-order chi connectivity index (χ1) is 15.6. The van der Waals surface area contributed by atoms with E-state index in [0.717, 1.165) is 11.3 Å². The third kappa shape index (κ3) is 6.39. The van der Waals surface area contributed by atoms with E-state index in [0.29, 0.717) is 28.7 Å². The van der Waals surface area contributed by atoms with Gasteiger partial charge < -0.3 is 4.90 Å². The molecule has 3 rings (SSSR count). The van der Waals surface area contributed by atoms with Crippen LogP contribution in [0.25, 0.3) is 6.08 Å². The normalized spacial score (nSPS) is 14.8. The minimum Gasteiger partial charge on any atom is -0.311 e. The Hall–Kier alpha value is -3.21.